The molecule has 0 atom stereocenters. The summed E-state index contributed by atoms with van der Waals surface area (Å²) >= 11 is 0. The molecule has 0 radical (unpaired) electrons. The first-order valence-electron chi connectivity index (χ1n) is 5.20. The molecule has 1 amide bonds. The maximum absolute atomic E-state index is 11.4. The average molecular weight is 183 g/mol. The number of carbonyl (C=O) groups is 1. The Bertz CT molecular complexity index is 211. The number of nitrogens with zero attached hydrogens (tertiary/aromatic N) is 1. The molecule has 0 unspecified atom stereocenters. The van der Waals surface area contributed by atoms with Gasteiger partial charge in [0.05, 0.1) is 5.60 Å². The fraction of sp³-hybridized carbons (Fsp3) is 0.900. The Labute approximate surface area is 78.7 Å². The Morgan fingerprint density at radius 2 is 2.08 bits per heavy atom. The first-order chi connectivity index (χ1) is 6.20. The van der Waals surface area contributed by atoms with Crippen LogP contribution in [0.1, 0.15) is 38.5 Å². The molecule has 1 N–H and O–H groups in total. The van der Waals surface area contributed by atoms with Crippen molar-refractivity contribution < 1.29 is 9.90 Å². The van der Waals surface area contributed by atoms with E-state index in [1.807, 2.05) is 4.90 Å². The monoisotopic (exact) mass is 183 g/mol. The molecule has 13 heavy (non-hydrogen) atoms. The summed E-state index contributed by atoms with van der Waals surface area (Å²) in [5.41, 5.74) is -0.535. The van der Waals surface area contributed by atoms with Crippen LogP contribution in [-0.2, 0) is 4.79 Å². The van der Waals surface area contributed by atoms with Crippen LogP contribution in [-0.4, -0.2) is 34.6 Å². The van der Waals surface area contributed by atoms with E-state index in [2.05, 4.69) is 0 Å². The molecule has 0 aromatic carbocycles. The number of rotatable bonds is 2. The van der Waals surface area contributed by atoms with Gasteiger partial charge in [0.1, 0.15) is 0 Å². The lowest BCUT2D eigenvalue weighted by molar-refractivity contribution is -0.140. The van der Waals surface area contributed by atoms with Crippen LogP contribution >= 0.6 is 0 Å². The fourth-order valence-corrected chi connectivity index (χ4v) is 2.13. The number of likely N-dealkylation sites (tertiary alicyclic amines) is 1. The number of hydrogen-bond acceptors (Lipinski definition) is 2. The van der Waals surface area contributed by atoms with Crippen LogP contribution in [0.4, 0.5) is 0 Å². The largest absolute Gasteiger partial charge is 0.388 e. The highest BCUT2D eigenvalue weighted by molar-refractivity contribution is 5.76. The van der Waals surface area contributed by atoms with Gasteiger partial charge in [-0.1, -0.05) is 0 Å². The number of aliphatic hydroxyl groups is 1. The van der Waals surface area contributed by atoms with Crippen LogP contribution < -0.4 is 0 Å². The van der Waals surface area contributed by atoms with Crippen LogP contribution in [0.25, 0.3) is 0 Å². The van der Waals surface area contributed by atoms with E-state index in [0.717, 1.165) is 38.6 Å². The van der Waals surface area contributed by atoms with Gasteiger partial charge in [-0.15, -0.1) is 0 Å². The topological polar surface area (TPSA) is 40.5 Å². The molecule has 0 bridgehead atoms. The number of carbonyl (C=O) groups excluding carboxylic acids is 1. The lowest BCUT2D eigenvalue weighted by Crippen LogP contribution is -2.51. The lowest BCUT2D eigenvalue weighted by Gasteiger charge is -2.41. The molecule has 1 saturated carbocycles. The Morgan fingerprint density at radius 1 is 1.31 bits per heavy atom. The molecule has 3 heteroatoms. The molecule has 2 rings (SSSR count). The predicted molar refractivity (Wildman–Crippen MR) is 49.2 cm³/mol. The van der Waals surface area contributed by atoms with Crippen molar-refractivity contribution in [2.24, 2.45) is 0 Å². The van der Waals surface area contributed by atoms with Gasteiger partial charge in [0.15, 0.2) is 0 Å². The third-order valence-corrected chi connectivity index (χ3v) is 3.19. The molecule has 1 aliphatic carbocycles. The van der Waals surface area contributed by atoms with Crippen LogP contribution in [0.5, 0.6) is 0 Å². The second-order valence-electron chi connectivity index (χ2n) is 4.35. The minimum Gasteiger partial charge on any atom is -0.388 e. The molecule has 1 heterocycles. The smallest absolute Gasteiger partial charge is 0.222 e. The van der Waals surface area contributed by atoms with Crippen LogP contribution in [0.3, 0.4) is 0 Å². The summed E-state index contributed by atoms with van der Waals surface area (Å²) in [5.74, 6) is 0.228. The third-order valence-electron chi connectivity index (χ3n) is 3.19. The Morgan fingerprint density at radius 3 is 2.62 bits per heavy atom. The Hall–Kier alpha value is -0.570. The van der Waals surface area contributed by atoms with Crippen LogP contribution in [0.15, 0.2) is 0 Å². The maximum atomic E-state index is 11.4. The normalized spacial score (nSPS) is 27.2. The minimum atomic E-state index is -0.535. The van der Waals surface area contributed by atoms with Crippen molar-refractivity contribution in [3.8, 4) is 0 Å². The van der Waals surface area contributed by atoms with Crippen molar-refractivity contribution in [1.29, 1.82) is 0 Å². The van der Waals surface area contributed by atoms with Crippen LogP contribution in [0, 0.1) is 0 Å². The quantitative estimate of drug-likeness (QED) is 0.691. The highest BCUT2D eigenvalue weighted by atomic mass is 16.3. The van der Waals surface area contributed by atoms with Gasteiger partial charge in [-0.2, -0.15) is 0 Å². The summed E-state index contributed by atoms with van der Waals surface area (Å²) in [6.07, 6.45) is 5.65. The molecule has 1 aliphatic heterocycles. The molecule has 2 fully saturated rings. The predicted octanol–water partition coefficient (Wildman–Crippen LogP) is 0.914. The molecule has 0 aromatic heterocycles. The molecule has 0 aromatic rings. The van der Waals surface area contributed by atoms with E-state index >= 15 is 0 Å². The zero-order valence-corrected chi connectivity index (χ0v) is 7.96. The summed E-state index contributed by atoms with van der Waals surface area (Å²) in [5, 5.41) is 9.89. The summed E-state index contributed by atoms with van der Waals surface area (Å²) < 4.78 is 0. The lowest BCUT2D eigenvalue weighted by atomic mass is 9.79. The zero-order chi connectivity index (χ0) is 9.31. The van der Waals surface area contributed by atoms with Crippen molar-refractivity contribution in [3.05, 3.63) is 0 Å². The fourth-order valence-electron chi connectivity index (χ4n) is 2.13. The summed E-state index contributed by atoms with van der Waals surface area (Å²) in [6.45, 7) is 1.42. The van der Waals surface area contributed by atoms with Gasteiger partial charge in [-0.05, 0) is 32.1 Å². The number of piperidine rings is 1. The maximum Gasteiger partial charge on any atom is 0.222 e. The zero-order valence-electron chi connectivity index (χ0n) is 7.96. The number of amides is 1. The van der Waals surface area contributed by atoms with E-state index in [9.17, 15) is 9.90 Å². The van der Waals surface area contributed by atoms with Gasteiger partial charge in [0, 0.05) is 19.5 Å². The van der Waals surface area contributed by atoms with Crippen molar-refractivity contribution in [2.45, 2.75) is 44.1 Å². The second-order valence-corrected chi connectivity index (χ2v) is 4.35. The van der Waals surface area contributed by atoms with Gasteiger partial charge in [0.25, 0.3) is 0 Å². The van der Waals surface area contributed by atoms with Crippen molar-refractivity contribution >= 4 is 5.91 Å². The first kappa shape index (κ1) is 9.00. The highest BCUT2D eigenvalue weighted by Crippen LogP contribution is 2.32. The third kappa shape index (κ3) is 1.85. The Kier molecular flexibility index (Phi) is 2.28. The number of β-amino-alcohol motifs (C(OH)–C–C–N with tert-alkyl or cyclic N) is 1. The van der Waals surface area contributed by atoms with Crippen molar-refractivity contribution in [3.63, 3.8) is 0 Å². The standard InChI is InChI=1S/C10H17NO2/c12-9-4-1-2-7-11(9)8-10(13)5-3-6-10/h13H,1-8H2. The second kappa shape index (κ2) is 3.29. The van der Waals surface area contributed by atoms with Gasteiger partial charge >= 0.3 is 0 Å². The first-order valence-corrected chi connectivity index (χ1v) is 5.20. The van der Waals surface area contributed by atoms with E-state index < -0.39 is 5.60 Å². The molecule has 1 saturated heterocycles. The van der Waals surface area contributed by atoms with Gasteiger partial charge in [-0.25, -0.2) is 0 Å². The van der Waals surface area contributed by atoms with Crippen molar-refractivity contribution in [1.82, 2.24) is 4.90 Å². The van der Waals surface area contributed by atoms with E-state index in [0.29, 0.717) is 13.0 Å². The molecule has 3 nitrogen and oxygen atoms in total. The summed E-state index contributed by atoms with van der Waals surface area (Å²) in [6, 6.07) is 0. The number of hydrogen-bond donors (Lipinski definition) is 1. The molecule has 0 spiro atoms. The van der Waals surface area contributed by atoms with E-state index in [1.165, 1.54) is 0 Å². The minimum absolute atomic E-state index is 0.228. The molecular weight excluding hydrogens is 166 g/mol. The van der Waals surface area contributed by atoms with Gasteiger partial charge in [0.2, 0.25) is 5.91 Å². The molecule has 2 aliphatic rings. The summed E-state index contributed by atoms with van der Waals surface area (Å²) in [4.78, 5) is 13.3. The van der Waals surface area contributed by atoms with Crippen molar-refractivity contribution in [2.75, 3.05) is 13.1 Å². The molecular formula is C10H17NO2. The van der Waals surface area contributed by atoms with E-state index in [1.54, 1.807) is 0 Å². The highest BCUT2D eigenvalue weighted by Gasteiger charge is 2.37. The van der Waals surface area contributed by atoms with Crippen LogP contribution in [0.2, 0.25) is 0 Å². The molecule has 74 valence electrons. The van der Waals surface area contributed by atoms with Gasteiger partial charge < -0.3 is 10.0 Å². The van der Waals surface area contributed by atoms with E-state index in [4.69, 9.17) is 0 Å². The SMILES string of the molecule is O=C1CCCCN1CC1(O)CCC1. The van der Waals surface area contributed by atoms with E-state index in [-0.39, 0.29) is 5.91 Å². The summed E-state index contributed by atoms with van der Waals surface area (Å²) in [7, 11) is 0. The Balaban J connectivity index is 1.88. The van der Waals surface area contributed by atoms with Gasteiger partial charge in [-0.3, -0.25) is 4.79 Å². The average Bonchev–Trinajstić information content (AvgIpc) is 2.06.